The number of aryl methyl sites for hydroxylation is 1. The standard InChI is InChI=1S/C25H28F6N8O2/c1-37-35-23(34-36-37)38(13-15-8-18(24(26,27)28)11-19(9-15)25(29,30)31)14-17-10-20(39(40)41)12-33-22(17)21(6-7-32)16-4-2-3-5-16/h8-12,16,21H,2-7,13-14,32H2,1H3. The lowest BCUT2D eigenvalue weighted by atomic mass is 9.83. The Bertz CT molecular complexity index is 1340. The Labute approximate surface area is 230 Å². The fourth-order valence-electron chi connectivity index (χ4n) is 5.34. The molecule has 10 nitrogen and oxygen atoms in total. The number of nitrogens with zero attached hydrogens (tertiary/aromatic N) is 7. The van der Waals surface area contributed by atoms with Gasteiger partial charge in [0.05, 0.1) is 23.1 Å². The lowest BCUT2D eigenvalue weighted by Crippen LogP contribution is -2.27. The molecule has 1 aliphatic carbocycles. The van der Waals surface area contributed by atoms with Gasteiger partial charge in [0.25, 0.3) is 11.6 Å². The van der Waals surface area contributed by atoms with E-state index in [1.54, 1.807) is 0 Å². The van der Waals surface area contributed by atoms with Crippen LogP contribution in [0.1, 0.15) is 66.0 Å². The third-order valence-corrected chi connectivity index (χ3v) is 7.16. The van der Waals surface area contributed by atoms with Crippen LogP contribution in [0.4, 0.5) is 38.0 Å². The largest absolute Gasteiger partial charge is 0.416 e. The number of tetrazole rings is 1. The second-order valence-corrected chi connectivity index (χ2v) is 10.1. The number of hydrogen-bond acceptors (Lipinski definition) is 8. The maximum atomic E-state index is 13.5. The van der Waals surface area contributed by atoms with Crippen molar-refractivity contribution in [3.05, 3.63) is 68.5 Å². The van der Waals surface area contributed by atoms with Crippen molar-refractivity contribution in [3.8, 4) is 0 Å². The highest BCUT2D eigenvalue weighted by atomic mass is 19.4. The summed E-state index contributed by atoms with van der Waals surface area (Å²) in [5, 5.41) is 23.4. The van der Waals surface area contributed by atoms with E-state index < -0.39 is 34.9 Å². The van der Waals surface area contributed by atoms with Gasteiger partial charge in [-0.05, 0) is 60.7 Å². The average Bonchev–Trinajstić information content (AvgIpc) is 3.58. The van der Waals surface area contributed by atoms with Crippen molar-refractivity contribution in [2.24, 2.45) is 18.7 Å². The van der Waals surface area contributed by atoms with Crippen LogP contribution < -0.4 is 10.6 Å². The molecule has 2 aromatic heterocycles. The molecule has 1 atom stereocenters. The Kier molecular flexibility index (Phi) is 8.80. The average molecular weight is 587 g/mol. The summed E-state index contributed by atoms with van der Waals surface area (Å²) < 4.78 is 81.2. The van der Waals surface area contributed by atoms with Crippen molar-refractivity contribution >= 4 is 11.6 Å². The minimum Gasteiger partial charge on any atom is -0.330 e. The van der Waals surface area contributed by atoms with E-state index >= 15 is 0 Å². The van der Waals surface area contributed by atoms with Gasteiger partial charge in [0.15, 0.2) is 0 Å². The number of halogens is 6. The summed E-state index contributed by atoms with van der Waals surface area (Å²) in [6.07, 6.45) is -4.50. The predicted octanol–water partition coefficient (Wildman–Crippen LogP) is 5.38. The van der Waals surface area contributed by atoms with Gasteiger partial charge in [-0.3, -0.25) is 15.1 Å². The molecule has 0 bridgehead atoms. The van der Waals surface area contributed by atoms with Gasteiger partial charge in [0.1, 0.15) is 6.20 Å². The number of pyridine rings is 1. The van der Waals surface area contributed by atoms with Crippen molar-refractivity contribution in [1.29, 1.82) is 0 Å². The second kappa shape index (κ2) is 12.0. The maximum absolute atomic E-state index is 13.5. The number of anilines is 1. The smallest absolute Gasteiger partial charge is 0.330 e. The molecule has 0 spiro atoms. The Morgan fingerprint density at radius 2 is 1.71 bits per heavy atom. The topological polar surface area (TPSA) is 129 Å². The third kappa shape index (κ3) is 7.28. The molecule has 1 fully saturated rings. The molecule has 0 amide bonds. The Morgan fingerprint density at radius 1 is 1.07 bits per heavy atom. The summed E-state index contributed by atoms with van der Waals surface area (Å²) >= 11 is 0. The molecule has 4 rings (SSSR count). The van der Waals surface area contributed by atoms with Crippen LogP contribution >= 0.6 is 0 Å². The summed E-state index contributed by atoms with van der Waals surface area (Å²) in [6, 6.07) is 2.62. The van der Waals surface area contributed by atoms with E-state index in [0.717, 1.165) is 36.7 Å². The fourth-order valence-corrected chi connectivity index (χ4v) is 5.34. The van der Waals surface area contributed by atoms with Gasteiger partial charge >= 0.3 is 12.4 Å². The Balaban J connectivity index is 1.80. The number of alkyl halides is 6. The highest BCUT2D eigenvalue weighted by molar-refractivity contribution is 5.42. The van der Waals surface area contributed by atoms with E-state index in [0.29, 0.717) is 36.4 Å². The first-order valence-electron chi connectivity index (χ1n) is 12.9. The van der Waals surface area contributed by atoms with Gasteiger partial charge in [-0.25, -0.2) is 0 Å². The summed E-state index contributed by atoms with van der Waals surface area (Å²) in [7, 11) is 1.44. The number of nitrogens with two attached hydrogens (primary N) is 1. The van der Waals surface area contributed by atoms with E-state index in [9.17, 15) is 36.5 Å². The van der Waals surface area contributed by atoms with Gasteiger partial charge in [-0.1, -0.05) is 17.9 Å². The molecular weight excluding hydrogens is 558 g/mol. The molecule has 1 unspecified atom stereocenters. The Morgan fingerprint density at radius 3 is 2.22 bits per heavy atom. The number of hydrogen-bond donors (Lipinski definition) is 1. The second-order valence-electron chi connectivity index (χ2n) is 10.1. The molecule has 41 heavy (non-hydrogen) atoms. The highest BCUT2D eigenvalue weighted by Crippen LogP contribution is 2.41. The number of benzene rings is 1. The zero-order valence-electron chi connectivity index (χ0n) is 22.0. The van der Waals surface area contributed by atoms with Crippen molar-refractivity contribution < 1.29 is 31.3 Å². The molecule has 0 saturated heterocycles. The number of rotatable bonds is 10. The van der Waals surface area contributed by atoms with Crippen LogP contribution in [-0.4, -0.2) is 36.7 Å². The molecule has 2 heterocycles. The van der Waals surface area contributed by atoms with Crippen LogP contribution in [0.2, 0.25) is 0 Å². The van der Waals surface area contributed by atoms with Crippen molar-refractivity contribution in [2.45, 2.75) is 63.5 Å². The first kappa shape index (κ1) is 30.1. The van der Waals surface area contributed by atoms with Crippen LogP contribution in [0, 0.1) is 16.0 Å². The van der Waals surface area contributed by atoms with Crippen molar-refractivity contribution in [2.75, 3.05) is 11.4 Å². The molecule has 2 N–H and O–H groups in total. The molecule has 222 valence electrons. The van der Waals surface area contributed by atoms with Gasteiger partial charge in [-0.2, -0.15) is 31.1 Å². The van der Waals surface area contributed by atoms with E-state index in [-0.39, 0.29) is 41.6 Å². The van der Waals surface area contributed by atoms with Crippen LogP contribution in [0.5, 0.6) is 0 Å². The van der Waals surface area contributed by atoms with Crippen molar-refractivity contribution in [1.82, 2.24) is 25.2 Å². The van der Waals surface area contributed by atoms with Gasteiger partial charge in [0.2, 0.25) is 0 Å². The minimum atomic E-state index is -5.03. The molecule has 3 aromatic rings. The normalized spacial score (nSPS) is 15.3. The first-order valence-corrected chi connectivity index (χ1v) is 12.9. The van der Waals surface area contributed by atoms with E-state index in [1.807, 2.05) is 0 Å². The van der Waals surface area contributed by atoms with Crippen LogP contribution in [0.3, 0.4) is 0 Å². The summed E-state index contributed by atoms with van der Waals surface area (Å²) in [5.74, 6) is -0.000290. The van der Waals surface area contributed by atoms with E-state index in [2.05, 4.69) is 20.4 Å². The maximum Gasteiger partial charge on any atom is 0.416 e. The molecule has 0 aliphatic heterocycles. The molecule has 16 heteroatoms. The quantitative estimate of drug-likeness (QED) is 0.191. The minimum absolute atomic E-state index is 0.0516. The first-order chi connectivity index (χ1) is 19.3. The van der Waals surface area contributed by atoms with E-state index in [4.69, 9.17) is 5.73 Å². The molecule has 1 aromatic carbocycles. The summed E-state index contributed by atoms with van der Waals surface area (Å²) in [4.78, 5) is 17.8. The van der Waals surface area contributed by atoms with E-state index in [1.165, 1.54) is 18.0 Å². The van der Waals surface area contributed by atoms with Crippen LogP contribution in [0.15, 0.2) is 30.5 Å². The van der Waals surface area contributed by atoms with Gasteiger partial charge < -0.3 is 10.6 Å². The lowest BCUT2D eigenvalue weighted by Gasteiger charge is -2.27. The zero-order chi connectivity index (χ0) is 29.9. The Hall–Kier alpha value is -3.82. The van der Waals surface area contributed by atoms with Gasteiger partial charge in [0, 0.05) is 36.3 Å². The summed E-state index contributed by atoms with van der Waals surface area (Å²) in [6.45, 7) is -0.341. The van der Waals surface area contributed by atoms with Crippen LogP contribution in [-0.2, 0) is 32.5 Å². The highest BCUT2D eigenvalue weighted by Gasteiger charge is 2.37. The molecule has 1 aliphatic rings. The molecule has 1 saturated carbocycles. The fraction of sp³-hybridized carbons (Fsp3) is 0.520. The number of nitro groups is 1. The lowest BCUT2D eigenvalue weighted by molar-refractivity contribution is -0.385. The SMILES string of the molecule is Cn1nnc(N(Cc2cc(C(F)(F)F)cc(C(F)(F)F)c2)Cc2cc([N+](=O)[O-])cnc2C(CCN)C2CCCC2)n1. The molecular formula is C25H28F6N8O2. The summed E-state index contributed by atoms with van der Waals surface area (Å²) in [5.41, 5.74) is 3.27. The van der Waals surface area contributed by atoms with Crippen molar-refractivity contribution in [3.63, 3.8) is 0 Å². The van der Waals surface area contributed by atoms with Gasteiger partial charge in [-0.15, -0.1) is 5.10 Å². The third-order valence-electron chi connectivity index (χ3n) is 7.16. The zero-order valence-corrected chi connectivity index (χ0v) is 22.0. The van der Waals surface area contributed by atoms with Crippen LogP contribution in [0.25, 0.3) is 0 Å². The molecule has 0 radical (unpaired) electrons. The monoisotopic (exact) mass is 586 g/mol. The number of aromatic nitrogens is 5. The predicted molar refractivity (Wildman–Crippen MR) is 134 cm³/mol.